The van der Waals surface area contributed by atoms with Gasteiger partial charge in [0.25, 0.3) is 5.91 Å². The number of fused-ring (bicyclic) bond motifs is 1. The Bertz CT molecular complexity index is 1030. The van der Waals surface area contributed by atoms with Gasteiger partial charge >= 0.3 is 15.5 Å². The molecule has 28 heavy (non-hydrogen) atoms. The molecule has 0 saturated carbocycles. The summed E-state index contributed by atoms with van der Waals surface area (Å²) in [4.78, 5) is 14.3. The number of amides is 1. The Kier molecular flexibility index (Phi) is 5.53. The highest BCUT2D eigenvalue weighted by atomic mass is 35.5. The van der Waals surface area contributed by atoms with Gasteiger partial charge in [0.15, 0.2) is 0 Å². The van der Waals surface area contributed by atoms with Gasteiger partial charge in [0.05, 0.1) is 10.6 Å². The maximum Gasteiger partial charge on any atom is 0.516 e. The van der Waals surface area contributed by atoms with E-state index in [-0.39, 0.29) is 18.1 Å². The van der Waals surface area contributed by atoms with Crippen LogP contribution in [0.1, 0.15) is 21.5 Å². The largest absolute Gasteiger partial charge is 0.516 e. The van der Waals surface area contributed by atoms with E-state index >= 15 is 0 Å². The molecule has 2 aromatic carbocycles. The minimum atomic E-state index is -5.48. The van der Waals surface area contributed by atoms with Gasteiger partial charge in [-0.2, -0.15) is 21.6 Å². The van der Waals surface area contributed by atoms with Crippen molar-refractivity contribution >= 4 is 44.8 Å². The van der Waals surface area contributed by atoms with Gasteiger partial charge in [-0.1, -0.05) is 35.3 Å². The lowest BCUT2D eigenvalue weighted by atomic mass is 9.98. The third-order valence-electron chi connectivity index (χ3n) is 4.22. The second-order valence-electron chi connectivity index (χ2n) is 6.11. The molecule has 0 radical (unpaired) electrons. The quantitative estimate of drug-likeness (QED) is 0.744. The van der Waals surface area contributed by atoms with Crippen molar-refractivity contribution in [3.63, 3.8) is 0 Å². The monoisotopic (exact) mass is 452 g/mol. The molecule has 0 bridgehead atoms. The Hall–Kier alpha value is -1.97. The van der Waals surface area contributed by atoms with E-state index in [9.17, 15) is 26.4 Å². The van der Waals surface area contributed by atoms with E-state index in [1.54, 1.807) is 17.0 Å². The number of hydrogen-bond donors (Lipinski definition) is 1. The lowest BCUT2D eigenvalue weighted by molar-refractivity contribution is -0.0429. The third kappa shape index (κ3) is 4.06. The van der Waals surface area contributed by atoms with Crippen molar-refractivity contribution < 1.29 is 26.4 Å². The number of benzene rings is 2. The van der Waals surface area contributed by atoms with Gasteiger partial charge in [0.2, 0.25) is 0 Å². The van der Waals surface area contributed by atoms with Gasteiger partial charge in [-0.05, 0) is 41.8 Å². The summed E-state index contributed by atoms with van der Waals surface area (Å²) in [5, 5.41) is 0.764. The molecule has 1 aliphatic rings. The molecule has 0 aromatic heterocycles. The number of halogens is 5. The Balaban J connectivity index is 1.75. The molecule has 0 atom stereocenters. The second-order valence-corrected chi connectivity index (χ2v) is 8.60. The number of carbonyl (C=O) groups is 1. The zero-order valence-electron chi connectivity index (χ0n) is 14.1. The molecule has 11 heteroatoms. The van der Waals surface area contributed by atoms with E-state index in [2.05, 4.69) is 0 Å². The summed E-state index contributed by atoms with van der Waals surface area (Å²) in [5.41, 5.74) is -3.99. The van der Waals surface area contributed by atoms with Crippen LogP contribution >= 0.6 is 23.2 Å². The molecule has 1 aliphatic heterocycles. The van der Waals surface area contributed by atoms with Crippen LogP contribution in [-0.2, 0) is 23.0 Å². The van der Waals surface area contributed by atoms with Crippen molar-refractivity contribution in [3.05, 3.63) is 63.1 Å². The van der Waals surface area contributed by atoms with E-state index in [0.29, 0.717) is 39.7 Å². The zero-order chi connectivity index (χ0) is 20.7. The predicted molar refractivity (Wildman–Crippen MR) is 99.9 cm³/mol. The molecule has 2 aromatic rings. The number of rotatable bonds is 4. The summed E-state index contributed by atoms with van der Waals surface area (Å²) in [6.07, 6.45) is 0.518. The first-order valence-electron chi connectivity index (χ1n) is 7.94. The summed E-state index contributed by atoms with van der Waals surface area (Å²) in [5.74, 6) is -0.296. The van der Waals surface area contributed by atoms with Crippen molar-refractivity contribution in [1.29, 1.82) is 0 Å². The fourth-order valence-electron chi connectivity index (χ4n) is 2.84. The SMILES string of the molecule is O=C1c2c(Cl)ccc(Cl)c2CCN1Cc1ccc(NS(=O)(=O)C(F)(F)F)cc1. The number of anilines is 1. The van der Waals surface area contributed by atoms with E-state index in [1.807, 2.05) is 0 Å². The average Bonchev–Trinajstić information content (AvgIpc) is 2.60. The minimum absolute atomic E-state index is 0.188. The van der Waals surface area contributed by atoms with Crippen LogP contribution in [0, 0.1) is 0 Å². The summed E-state index contributed by atoms with van der Waals surface area (Å²) >= 11 is 12.3. The fraction of sp³-hybridized carbons (Fsp3) is 0.235. The van der Waals surface area contributed by atoms with Crippen LogP contribution in [0.5, 0.6) is 0 Å². The first-order chi connectivity index (χ1) is 13.0. The molecule has 0 saturated heterocycles. The van der Waals surface area contributed by atoms with Crippen LogP contribution in [-0.4, -0.2) is 31.3 Å². The molecule has 1 amide bonds. The molecule has 0 spiro atoms. The fourth-order valence-corrected chi connectivity index (χ4v) is 3.91. The van der Waals surface area contributed by atoms with Crippen LogP contribution in [0.25, 0.3) is 0 Å². The molecule has 1 heterocycles. The maximum absolute atomic E-state index is 12.7. The summed E-state index contributed by atoms with van der Waals surface area (Å²) < 4.78 is 61.0. The smallest absolute Gasteiger partial charge is 0.334 e. The van der Waals surface area contributed by atoms with Crippen molar-refractivity contribution in [2.75, 3.05) is 11.3 Å². The Morgan fingerprint density at radius 1 is 1.04 bits per heavy atom. The van der Waals surface area contributed by atoms with E-state index < -0.39 is 15.5 Å². The van der Waals surface area contributed by atoms with Crippen molar-refractivity contribution in [2.45, 2.75) is 18.5 Å². The molecule has 3 rings (SSSR count). The van der Waals surface area contributed by atoms with Crippen LogP contribution in [0.2, 0.25) is 10.0 Å². The van der Waals surface area contributed by atoms with E-state index in [0.717, 1.165) is 0 Å². The van der Waals surface area contributed by atoms with Crippen LogP contribution in [0.3, 0.4) is 0 Å². The highest BCUT2D eigenvalue weighted by Crippen LogP contribution is 2.32. The molecule has 0 unspecified atom stereocenters. The lowest BCUT2D eigenvalue weighted by Crippen LogP contribution is -2.37. The van der Waals surface area contributed by atoms with Crippen molar-refractivity contribution in [1.82, 2.24) is 4.90 Å². The summed E-state index contributed by atoms with van der Waals surface area (Å²) in [6, 6.07) is 8.46. The number of carbonyl (C=O) groups excluding carboxylic acids is 1. The lowest BCUT2D eigenvalue weighted by Gasteiger charge is -2.29. The molecule has 150 valence electrons. The number of nitrogens with one attached hydrogen (secondary N) is 1. The molecule has 0 aliphatic carbocycles. The van der Waals surface area contributed by atoms with Gasteiger partial charge in [-0.25, -0.2) is 0 Å². The summed E-state index contributed by atoms with van der Waals surface area (Å²) in [6.45, 7) is 0.585. The number of nitrogens with zero attached hydrogens (tertiary/aromatic N) is 1. The maximum atomic E-state index is 12.7. The predicted octanol–water partition coefficient (Wildman–Crippen LogP) is 4.45. The minimum Gasteiger partial charge on any atom is -0.334 e. The first-order valence-corrected chi connectivity index (χ1v) is 10.2. The van der Waals surface area contributed by atoms with Gasteiger partial charge in [0, 0.05) is 23.8 Å². The zero-order valence-corrected chi connectivity index (χ0v) is 16.4. The average molecular weight is 453 g/mol. The summed E-state index contributed by atoms with van der Waals surface area (Å²) in [7, 11) is -5.48. The van der Waals surface area contributed by atoms with Gasteiger partial charge in [-0.3, -0.25) is 9.52 Å². The molecular formula is C17H13Cl2F3N2O3S. The Morgan fingerprint density at radius 3 is 2.25 bits per heavy atom. The van der Waals surface area contributed by atoms with Crippen LogP contribution < -0.4 is 4.72 Å². The van der Waals surface area contributed by atoms with Crippen LogP contribution in [0.4, 0.5) is 18.9 Å². The van der Waals surface area contributed by atoms with Gasteiger partial charge in [0.1, 0.15) is 0 Å². The topological polar surface area (TPSA) is 66.5 Å². The number of alkyl halides is 3. The first kappa shape index (κ1) is 20.8. The van der Waals surface area contributed by atoms with E-state index in [4.69, 9.17) is 23.2 Å². The molecule has 1 N–H and O–H groups in total. The molecule has 5 nitrogen and oxygen atoms in total. The van der Waals surface area contributed by atoms with Crippen molar-refractivity contribution in [2.24, 2.45) is 0 Å². The van der Waals surface area contributed by atoms with E-state index in [1.165, 1.54) is 29.0 Å². The van der Waals surface area contributed by atoms with Gasteiger partial charge < -0.3 is 4.90 Å². The number of sulfonamides is 1. The standard InChI is InChI=1S/C17H13Cl2F3N2O3S/c18-13-5-6-14(19)15-12(13)7-8-24(16(15)25)9-10-1-3-11(4-2-10)23-28(26,27)17(20,21)22/h1-6,23H,7-9H2. The molecular weight excluding hydrogens is 440 g/mol. The normalized spacial score (nSPS) is 14.8. The second kappa shape index (κ2) is 7.46. The van der Waals surface area contributed by atoms with Gasteiger partial charge in [-0.15, -0.1) is 0 Å². The number of hydrogen-bond acceptors (Lipinski definition) is 3. The highest BCUT2D eigenvalue weighted by Gasteiger charge is 2.46. The van der Waals surface area contributed by atoms with Crippen LogP contribution in [0.15, 0.2) is 36.4 Å². The highest BCUT2D eigenvalue weighted by molar-refractivity contribution is 7.93. The third-order valence-corrected chi connectivity index (χ3v) is 6.00. The van der Waals surface area contributed by atoms with Crippen molar-refractivity contribution in [3.8, 4) is 0 Å². The molecule has 0 fully saturated rings. The Labute approximate surface area is 169 Å². The Morgan fingerprint density at radius 2 is 1.64 bits per heavy atom.